The van der Waals surface area contributed by atoms with Gasteiger partial charge in [-0.3, -0.25) is 4.98 Å². The van der Waals surface area contributed by atoms with Crippen molar-refractivity contribution in [3.05, 3.63) is 58.9 Å². The molecule has 0 aliphatic heterocycles. The average molecular weight is 284 g/mol. The van der Waals surface area contributed by atoms with Gasteiger partial charge in [-0.1, -0.05) is 31.2 Å². The summed E-state index contributed by atoms with van der Waals surface area (Å²) in [5, 5.41) is 3.43. The molecule has 0 bridgehead atoms. The Hall–Kier alpha value is -1.87. The minimum atomic E-state index is 0.512. The number of nitrogens with one attached hydrogen (secondary N) is 1. The van der Waals surface area contributed by atoms with Gasteiger partial charge < -0.3 is 10.1 Å². The van der Waals surface area contributed by atoms with Crippen LogP contribution < -0.4 is 10.1 Å². The average Bonchev–Trinajstić information content (AvgIpc) is 2.48. The normalized spacial score (nSPS) is 10.6. The molecule has 1 heterocycles. The summed E-state index contributed by atoms with van der Waals surface area (Å²) in [5.74, 6) is 0.978. The topological polar surface area (TPSA) is 34.1 Å². The van der Waals surface area contributed by atoms with E-state index in [9.17, 15) is 0 Å². The maximum absolute atomic E-state index is 6.06. The van der Waals surface area contributed by atoms with E-state index in [1.165, 1.54) is 11.1 Å². The van der Waals surface area contributed by atoms with Crippen LogP contribution in [0.15, 0.2) is 36.5 Å². The van der Waals surface area contributed by atoms with Gasteiger partial charge in [-0.25, -0.2) is 0 Å². The molecule has 0 saturated heterocycles. The van der Waals surface area contributed by atoms with Gasteiger partial charge in [-0.15, -0.1) is 0 Å². The van der Waals surface area contributed by atoms with Crippen molar-refractivity contribution < 1.29 is 4.74 Å². The molecule has 1 aromatic heterocycles. The Labute approximate surface area is 127 Å². The predicted molar refractivity (Wildman–Crippen MR) is 86.5 cm³/mol. The molecule has 1 N–H and O–H groups in total. The Bertz CT molecular complexity index is 581. The van der Waals surface area contributed by atoms with E-state index in [1.54, 1.807) is 0 Å². The molecule has 3 heteroatoms. The summed E-state index contributed by atoms with van der Waals surface area (Å²) in [6.07, 6.45) is 2.95. The molecule has 0 fully saturated rings. The lowest BCUT2D eigenvalue weighted by atomic mass is 10.1. The molecular weight excluding hydrogens is 260 g/mol. The first-order valence-corrected chi connectivity index (χ1v) is 7.55. The van der Waals surface area contributed by atoms with Crippen LogP contribution in [0.2, 0.25) is 0 Å². The van der Waals surface area contributed by atoms with Gasteiger partial charge in [0.05, 0.1) is 5.69 Å². The third-order valence-corrected chi connectivity index (χ3v) is 3.51. The summed E-state index contributed by atoms with van der Waals surface area (Å²) >= 11 is 0. The van der Waals surface area contributed by atoms with E-state index in [2.05, 4.69) is 55.3 Å². The molecule has 0 aliphatic rings. The number of ether oxygens (including phenoxy) is 1. The van der Waals surface area contributed by atoms with Gasteiger partial charge in [0, 0.05) is 18.3 Å². The van der Waals surface area contributed by atoms with E-state index in [0.29, 0.717) is 6.61 Å². The highest BCUT2D eigenvalue weighted by atomic mass is 16.5. The summed E-state index contributed by atoms with van der Waals surface area (Å²) in [6.45, 7) is 8.69. The van der Waals surface area contributed by atoms with Crippen molar-refractivity contribution in [1.29, 1.82) is 0 Å². The van der Waals surface area contributed by atoms with E-state index >= 15 is 0 Å². The first-order valence-electron chi connectivity index (χ1n) is 7.55. The smallest absolute Gasteiger partial charge is 0.130 e. The monoisotopic (exact) mass is 284 g/mol. The predicted octanol–water partition coefficient (Wildman–Crippen LogP) is 3.78. The zero-order valence-corrected chi connectivity index (χ0v) is 13.1. The Morgan fingerprint density at radius 1 is 1.10 bits per heavy atom. The lowest BCUT2D eigenvalue weighted by Crippen LogP contribution is -2.15. The fourth-order valence-electron chi connectivity index (χ4n) is 2.27. The Kier molecular flexibility index (Phi) is 5.76. The van der Waals surface area contributed by atoms with E-state index in [1.807, 2.05) is 12.3 Å². The van der Waals surface area contributed by atoms with Gasteiger partial charge in [0.15, 0.2) is 0 Å². The molecule has 0 aliphatic carbocycles. The van der Waals surface area contributed by atoms with Gasteiger partial charge in [0.25, 0.3) is 0 Å². The second kappa shape index (κ2) is 7.79. The zero-order valence-electron chi connectivity index (χ0n) is 13.1. The maximum Gasteiger partial charge on any atom is 0.130 e. The lowest BCUT2D eigenvalue weighted by molar-refractivity contribution is 0.294. The Morgan fingerprint density at radius 3 is 2.67 bits per heavy atom. The van der Waals surface area contributed by atoms with E-state index in [4.69, 9.17) is 4.74 Å². The lowest BCUT2D eigenvalue weighted by Gasteiger charge is -2.15. The van der Waals surface area contributed by atoms with E-state index in [0.717, 1.165) is 36.5 Å². The highest BCUT2D eigenvalue weighted by Gasteiger charge is 2.08. The van der Waals surface area contributed by atoms with Crippen molar-refractivity contribution in [3.63, 3.8) is 0 Å². The molecule has 1 aromatic carbocycles. The van der Waals surface area contributed by atoms with Crippen molar-refractivity contribution >= 4 is 0 Å². The summed E-state index contributed by atoms with van der Waals surface area (Å²) in [7, 11) is 0. The maximum atomic E-state index is 6.06. The largest absolute Gasteiger partial charge is 0.487 e. The number of benzene rings is 1. The number of hydrogen-bond donors (Lipinski definition) is 1. The summed E-state index contributed by atoms with van der Waals surface area (Å²) in [5.41, 5.74) is 4.53. The van der Waals surface area contributed by atoms with Crippen molar-refractivity contribution in [2.75, 3.05) is 6.54 Å². The number of nitrogens with zero attached hydrogens (tertiary/aromatic N) is 1. The molecule has 0 radical (unpaired) electrons. The fraction of sp³-hybridized carbons (Fsp3) is 0.389. The number of hydrogen-bond acceptors (Lipinski definition) is 3. The third kappa shape index (κ3) is 4.30. The van der Waals surface area contributed by atoms with Crippen LogP contribution >= 0.6 is 0 Å². The van der Waals surface area contributed by atoms with Gasteiger partial charge in [-0.2, -0.15) is 0 Å². The van der Waals surface area contributed by atoms with Crippen molar-refractivity contribution in [3.8, 4) is 5.75 Å². The molecule has 0 atom stereocenters. The van der Waals surface area contributed by atoms with Crippen LogP contribution in [0.1, 0.15) is 35.7 Å². The summed E-state index contributed by atoms with van der Waals surface area (Å²) in [6, 6.07) is 10.3. The standard InChI is InChI=1S/C18H24N2O/c1-4-10-19-12-16-9-5-7-15(3)18(16)21-13-17-14(2)8-6-11-20-17/h5-9,11,19H,4,10,12-13H2,1-3H3. The fourth-order valence-corrected chi connectivity index (χ4v) is 2.27. The summed E-state index contributed by atoms with van der Waals surface area (Å²) < 4.78 is 6.06. The van der Waals surface area contributed by atoms with Crippen molar-refractivity contribution in [1.82, 2.24) is 10.3 Å². The second-order valence-corrected chi connectivity index (χ2v) is 5.30. The first-order chi connectivity index (χ1) is 10.2. The molecule has 2 rings (SSSR count). The van der Waals surface area contributed by atoms with Crippen LogP contribution in [0.5, 0.6) is 5.75 Å². The molecule has 21 heavy (non-hydrogen) atoms. The number of aryl methyl sites for hydroxylation is 2. The molecule has 3 nitrogen and oxygen atoms in total. The van der Waals surface area contributed by atoms with Crippen LogP contribution in [-0.4, -0.2) is 11.5 Å². The van der Waals surface area contributed by atoms with E-state index < -0.39 is 0 Å². The van der Waals surface area contributed by atoms with Gasteiger partial charge in [0.2, 0.25) is 0 Å². The van der Waals surface area contributed by atoms with Crippen molar-refractivity contribution in [2.45, 2.75) is 40.3 Å². The number of para-hydroxylation sites is 1. The molecule has 0 unspecified atom stereocenters. The third-order valence-electron chi connectivity index (χ3n) is 3.51. The van der Waals surface area contributed by atoms with Crippen LogP contribution in [0.3, 0.4) is 0 Å². The number of pyridine rings is 1. The second-order valence-electron chi connectivity index (χ2n) is 5.30. The Morgan fingerprint density at radius 2 is 1.90 bits per heavy atom. The number of rotatable bonds is 7. The molecule has 2 aromatic rings. The summed E-state index contributed by atoms with van der Waals surface area (Å²) in [4.78, 5) is 4.39. The number of aromatic nitrogens is 1. The molecule has 112 valence electrons. The van der Waals surface area contributed by atoms with Gasteiger partial charge in [0.1, 0.15) is 12.4 Å². The SMILES string of the molecule is CCCNCc1cccc(C)c1OCc1ncccc1C. The molecule has 0 saturated carbocycles. The van der Waals surface area contributed by atoms with Gasteiger partial charge >= 0.3 is 0 Å². The molecule has 0 amide bonds. The quantitative estimate of drug-likeness (QED) is 0.786. The molecular formula is C18H24N2O. The first kappa shape index (κ1) is 15.5. The van der Waals surface area contributed by atoms with Crippen LogP contribution in [0.25, 0.3) is 0 Å². The van der Waals surface area contributed by atoms with Crippen LogP contribution in [0.4, 0.5) is 0 Å². The minimum Gasteiger partial charge on any atom is -0.487 e. The highest BCUT2D eigenvalue weighted by molar-refractivity contribution is 5.41. The van der Waals surface area contributed by atoms with Crippen LogP contribution in [0, 0.1) is 13.8 Å². The zero-order chi connectivity index (χ0) is 15.1. The Balaban J connectivity index is 2.09. The van der Waals surface area contributed by atoms with Gasteiger partial charge in [-0.05, 0) is 44.0 Å². The van der Waals surface area contributed by atoms with Crippen LogP contribution in [-0.2, 0) is 13.2 Å². The molecule has 0 spiro atoms. The minimum absolute atomic E-state index is 0.512. The van der Waals surface area contributed by atoms with Crippen molar-refractivity contribution in [2.24, 2.45) is 0 Å². The highest BCUT2D eigenvalue weighted by Crippen LogP contribution is 2.24. The van der Waals surface area contributed by atoms with E-state index in [-0.39, 0.29) is 0 Å².